The van der Waals surface area contributed by atoms with Gasteiger partial charge >= 0.3 is 121 Å². The SMILES string of the molecule is C.C.C.C.CCn1ccc(-c2cc(Cl)ccc2O)n1.CCn1ccc(-c2cc(Cl)ccc2OC(C(=O)O)c2ccccc2)n1.CCn1ccc(-c2cc(Cl)ccc2OC(C(=O)OC)c2ccccc2)n1.COC(=O)C(Br)c1ccccc1.COC1CCCO1.O=CO[O-].[H-].[K+].[K+]. The number of hydrogen-bond donors (Lipinski definition) is 2. The summed E-state index contributed by atoms with van der Waals surface area (Å²) in [4.78, 5) is 45.9. The fourth-order valence-electron chi connectivity index (χ4n) is 8.09. The van der Waals surface area contributed by atoms with Crippen LogP contribution in [-0.4, -0.2) is 98.2 Å². The van der Waals surface area contributed by atoms with Crippen molar-refractivity contribution < 1.29 is 172 Å². The molecule has 1 saturated heterocycles. The molecular weight excluding hydrogens is 1400 g/mol. The van der Waals surface area contributed by atoms with E-state index in [0.717, 1.165) is 61.6 Å². The average Bonchev–Trinajstić information content (AvgIpc) is 1.40. The summed E-state index contributed by atoms with van der Waals surface area (Å²) in [6.45, 7) is 9.00. The third-order valence-electron chi connectivity index (χ3n) is 12.6. The number of nitrogens with zero attached hydrogens (tertiary/aromatic N) is 6. The maximum atomic E-state index is 12.3. The number of aromatic hydroxyl groups is 1. The summed E-state index contributed by atoms with van der Waals surface area (Å²) in [5.74, 6) is -0.693. The number of carboxylic acid groups (broad SMARTS) is 1. The van der Waals surface area contributed by atoms with E-state index in [9.17, 15) is 24.6 Å². The number of phenols is 1. The summed E-state index contributed by atoms with van der Waals surface area (Å²) >= 11 is 21.4. The van der Waals surface area contributed by atoms with Gasteiger partial charge in [-0.25, -0.2) is 9.59 Å². The number of benzene rings is 6. The van der Waals surface area contributed by atoms with Crippen LogP contribution in [0.1, 0.15) is 98.5 Å². The van der Waals surface area contributed by atoms with Crippen LogP contribution in [0.25, 0.3) is 33.8 Å². The van der Waals surface area contributed by atoms with Gasteiger partial charge in [-0.2, -0.15) is 15.3 Å². The zero-order valence-electron chi connectivity index (χ0n) is 52.4. The molecule has 10 rings (SSSR count). The third kappa shape index (κ3) is 30.2. The van der Waals surface area contributed by atoms with Crippen molar-refractivity contribution in [1.82, 2.24) is 29.3 Å². The summed E-state index contributed by atoms with van der Waals surface area (Å²) in [6.07, 6.45) is 5.93. The molecule has 0 amide bonds. The van der Waals surface area contributed by atoms with Crippen molar-refractivity contribution >= 4 is 75.1 Å². The number of ether oxygens (including phenoxy) is 6. The van der Waals surface area contributed by atoms with Crippen LogP contribution in [0.3, 0.4) is 0 Å². The topological polar surface area (TPSA) is 250 Å². The fourth-order valence-corrected chi connectivity index (χ4v) is 9.10. The normalized spacial score (nSPS) is 12.1. The smallest absolute Gasteiger partial charge is 1.00 e. The van der Waals surface area contributed by atoms with E-state index in [1.165, 1.54) is 14.2 Å². The molecule has 4 heterocycles. The van der Waals surface area contributed by atoms with Crippen LogP contribution >= 0.6 is 50.7 Å². The van der Waals surface area contributed by atoms with Crippen molar-refractivity contribution in [3.05, 3.63) is 214 Å². The van der Waals surface area contributed by atoms with E-state index < -0.39 is 24.1 Å². The molecule has 0 saturated carbocycles. The van der Waals surface area contributed by atoms with Crippen molar-refractivity contribution in [2.24, 2.45) is 0 Å². The predicted octanol–water partition coefficient (Wildman–Crippen LogP) is 10.0. The summed E-state index contributed by atoms with van der Waals surface area (Å²) in [5, 5.41) is 42.6. The number of halogens is 4. The molecule has 6 aromatic carbocycles. The van der Waals surface area contributed by atoms with Gasteiger partial charge in [-0.3, -0.25) is 23.6 Å². The second-order valence-electron chi connectivity index (χ2n) is 18.5. The Labute approximate surface area is 667 Å². The number of carboxylic acids is 1. The van der Waals surface area contributed by atoms with E-state index in [1.807, 2.05) is 129 Å². The minimum atomic E-state index is -1.12. The molecule has 0 spiro atoms. The number of esters is 2. The van der Waals surface area contributed by atoms with Gasteiger partial charge in [0, 0.05) is 101 Å². The first-order valence-corrected chi connectivity index (χ1v) is 29.6. The van der Waals surface area contributed by atoms with Crippen LogP contribution in [0.4, 0.5) is 0 Å². The van der Waals surface area contributed by atoms with E-state index in [-0.39, 0.29) is 163 Å². The van der Waals surface area contributed by atoms with Gasteiger partial charge in [-0.05, 0) is 106 Å². The molecule has 95 heavy (non-hydrogen) atoms. The van der Waals surface area contributed by atoms with E-state index in [1.54, 1.807) is 95.3 Å². The molecule has 1 aliphatic rings. The van der Waals surface area contributed by atoms with Crippen molar-refractivity contribution in [1.29, 1.82) is 0 Å². The van der Waals surface area contributed by atoms with E-state index >= 15 is 0 Å². The molecule has 26 heteroatoms. The molecule has 0 radical (unpaired) electrons. The molecule has 0 bridgehead atoms. The largest absolute Gasteiger partial charge is 1.00 e. The van der Waals surface area contributed by atoms with Gasteiger partial charge in [0.15, 0.2) is 6.29 Å². The fraction of sp³-hybridized carbons (Fsp3) is 0.290. The van der Waals surface area contributed by atoms with Gasteiger partial charge in [0.1, 0.15) is 22.1 Å². The third-order valence-corrected chi connectivity index (χ3v) is 14.2. The summed E-state index contributed by atoms with van der Waals surface area (Å²) in [5.41, 5.74) is 6.35. The van der Waals surface area contributed by atoms with Gasteiger partial charge in [-0.15, -0.1) is 0 Å². The molecule has 4 atom stereocenters. The Kier molecular flexibility index (Phi) is 48.4. The van der Waals surface area contributed by atoms with Gasteiger partial charge < -0.3 is 50.2 Å². The van der Waals surface area contributed by atoms with Gasteiger partial charge in [0.2, 0.25) is 12.2 Å². The van der Waals surface area contributed by atoms with Gasteiger partial charge in [-0.1, -0.05) is 171 Å². The first-order valence-electron chi connectivity index (χ1n) is 27.6. The van der Waals surface area contributed by atoms with Crippen LogP contribution in [0.15, 0.2) is 182 Å². The van der Waals surface area contributed by atoms with E-state index in [2.05, 4.69) is 40.9 Å². The Morgan fingerprint density at radius 3 is 1.31 bits per heavy atom. The van der Waals surface area contributed by atoms with E-state index in [0.29, 0.717) is 54.5 Å². The quantitative estimate of drug-likeness (QED) is 0.0202. The molecule has 504 valence electrons. The number of phenolic OH excluding ortho intramolecular Hbond substituents is 1. The zero-order valence-corrected chi connectivity index (χ0v) is 61.5. The molecule has 2 N–H and O–H groups in total. The van der Waals surface area contributed by atoms with Crippen LogP contribution in [0.5, 0.6) is 17.2 Å². The maximum absolute atomic E-state index is 12.3. The van der Waals surface area contributed by atoms with Crippen LogP contribution in [0, 0.1) is 0 Å². The molecule has 0 aliphatic carbocycles. The van der Waals surface area contributed by atoms with E-state index in [4.69, 9.17) is 68.5 Å². The predicted molar refractivity (Wildman–Crippen MR) is 367 cm³/mol. The first-order chi connectivity index (χ1) is 43.0. The van der Waals surface area contributed by atoms with Crippen molar-refractivity contribution in [2.75, 3.05) is 27.9 Å². The molecule has 3 aromatic heterocycles. The van der Waals surface area contributed by atoms with Crippen molar-refractivity contribution in [3.63, 3.8) is 0 Å². The minimum Gasteiger partial charge on any atom is -1.00 e. The number of rotatable bonds is 18. The summed E-state index contributed by atoms with van der Waals surface area (Å²) in [7, 11) is 4.39. The number of methoxy groups -OCH3 is 3. The van der Waals surface area contributed by atoms with Crippen LogP contribution < -0.4 is 118 Å². The Morgan fingerprint density at radius 2 is 0.968 bits per heavy atom. The van der Waals surface area contributed by atoms with Crippen LogP contribution in [-0.2, 0) is 62.6 Å². The van der Waals surface area contributed by atoms with Crippen LogP contribution in [0.2, 0.25) is 15.1 Å². The molecular formula is C69H84BrCl3K2N6O14. The average molecular weight is 1490 g/mol. The molecule has 9 aromatic rings. The van der Waals surface area contributed by atoms with Crippen molar-refractivity contribution in [3.8, 4) is 51.0 Å². The Morgan fingerprint density at radius 1 is 0.600 bits per heavy atom. The number of aromatic nitrogens is 6. The number of carbonyl (C=O) groups excluding carboxylic acids is 3. The number of aryl methyl sites for hydroxylation is 3. The summed E-state index contributed by atoms with van der Waals surface area (Å²) in [6, 6.07) is 48.3. The van der Waals surface area contributed by atoms with Crippen molar-refractivity contribution in [2.45, 2.75) is 106 Å². The molecule has 20 nitrogen and oxygen atoms in total. The second-order valence-corrected chi connectivity index (χ2v) is 20.7. The zero-order chi connectivity index (χ0) is 64.7. The number of hydrogen-bond acceptors (Lipinski definition) is 16. The molecule has 4 unspecified atom stereocenters. The summed E-state index contributed by atoms with van der Waals surface area (Å²) < 4.78 is 36.8. The Bertz CT molecular complexity index is 3610. The Hall–Kier alpha value is -5.27. The number of carbonyl (C=O) groups is 4. The standard InChI is InChI=1S/C20H19ClN2O3.C19H17ClN2O3.C11H11ClN2O.C9H9BrO2.C5H10O2.CH2O3.4CH4.2K.H/c1-3-23-12-11-17(22-23)16-13-15(21)9-10-18(16)26-19(20(24)25-2)14-7-5-4-6-8-14;1-2-22-11-10-16(21-22)15-12-14(20)8-9-17(15)25-18(19(23)24)13-6-4-3-5-7-13;1-2-14-6-5-10(13-14)9-7-8(12)3-4-11(9)15;1-12-9(11)8(10)7-5-3-2-4-6-7;1-6-5-3-2-4-7-5;2-1-4-3;;;;;;;/h4-13,19H,3H2,1-2H3;3-12,18H,2H2,1H3,(H,23,24);3-7,15H,2H2,1H3;2-6,8H,1H3;5H,2-4H2,1H3;1,3H;4*1H4;;;/q;;;;;;;;;;2*+1;-1/p-1. The van der Waals surface area contributed by atoms with Gasteiger partial charge in [0.25, 0.3) is 6.47 Å². The second kappa shape index (κ2) is 50.1. The number of alkyl halides is 1. The minimum absolute atomic E-state index is 0. The first kappa shape index (κ1) is 91.8. The monoisotopic (exact) mass is 1480 g/mol. The Balaban J connectivity index is -0.00000115. The molecule has 1 fully saturated rings. The maximum Gasteiger partial charge on any atom is 1.00 e. The number of aliphatic carboxylic acids is 1. The van der Waals surface area contributed by atoms with Gasteiger partial charge in [0.05, 0.1) is 31.3 Å². The molecule has 1 aliphatic heterocycles.